The minimum atomic E-state index is -0.0687. The first-order valence-corrected chi connectivity index (χ1v) is 13.1. The number of aryl methyl sites for hydroxylation is 1. The van der Waals surface area contributed by atoms with Crippen molar-refractivity contribution in [1.29, 1.82) is 0 Å². The van der Waals surface area contributed by atoms with E-state index in [9.17, 15) is 5.21 Å². The molecule has 0 spiro atoms. The second-order valence-corrected chi connectivity index (χ2v) is 12.9. The summed E-state index contributed by atoms with van der Waals surface area (Å²) in [6, 6.07) is 8.80. The van der Waals surface area contributed by atoms with Crippen LogP contribution in [0.3, 0.4) is 0 Å². The first-order valence-electron chi connectivity index (χ1n) is 13.1. The van der Waals surface area contributed by atoms with Crippen LogP contribution in [0.15, 0.2) is 29.3 Å². The van der Waals surface area contributed by atoms with Gasteiger partial charge < -0.3 is 0 Å². The van der Waals surface area contributed by atoms with Gasteiger partial charge in [0.2, 0.25) is 0 Å². The molecule has 8 saturated carbocycles. The van der Waals surface area contributed by atoms with E-state index in [1.165, 1.54) is 82.6 Å². The molecule has 1 N–H and O–H groups in total. The van der Waals surface area contributed by atoms with Crippen LogP contribution in [0.25, 0.3) is 0 Å². The Kier molecular flexibility index (Phi) is 4.07. The molecule has 0 atom stereocenters. The summed E-state index contributed by atoms with van der Waals surface area (Å²) in [4.78, 5) is 5.62. The molecule has 0 amide bonds. The van der Waals surface area contributed by atoms with Crippen LogP contribution in [0, 0.1) is 42.4 Å². The van der Waals surface area contributed by atoms with E-state index >= 15 is 0 Å². The standard InChI is InChI=1S/C28H38N2O/c1-18-2-4-25(5-3-18)26(29-27-12-19-6-20(13-27)8-21(7-19)14-27)30(31)28-15-22-9-23(16-28)11-24(10-22)17-28/h2-5,19-24,31H,6-17H2,1H3. The lowest BCUT2D eigenvalue weighted by atomic mass is 9.52. The maximum atomic E-state index is 12.0. The van der Waals surface area contributed by atoms with E-state index in [0.717, 1.165) is 46.9 Å². The molecule has 0 unspecified atom stereocenters. The minimum absolute atomic E-state index is 0.0687. The van der Waals surface area contributed by atoms with E-state index in [1.807, 2.05) is 0 Å². The van der Waals surface area contributed by atoms with Gasteiger partial charge in [0, 0.05) is 5.56 Å². The zero-order valence-electron chi connectivity index (χ0n) is 19.1. The summed E-state index contributed by atoms with van der Waals surface area (Å²) >= 11 is 0. The maximum absolute atomic E-state index is 12.0. The molecule has 31 heavy (non-hydrogen) atoms. The molecule has 8 aliphatic carbocycles. The fourth-order valence-electron chi connectivity index (χ4n) is 9.91. The van der Waals surface area contributed by atoms with Gasteiger partial charge in [-0.2, -0.15) is 0 Å². The molecule has 0 radical (unpaired) electrons. The molecule has 3 nitrogen and oxygen atoms in total. The number of hydroxylamine groups is 2. The summed E-state index contributed by atoms with van der Waals surface area (Å²) in [6.45, 7) is 2.15. The van der Waals surface area contributed by atoms with Gasteiger partial charge in [-0.15, -0.1) is 0 Å². The van der Waals surface area contributed by atoms with Crippen molar-refractivity contribution in [2.45, 2.75) is 95.1 Å². The van der Waals surface area contributed by atoms with Gasteiger partial charge in [0.25, 0.3) is 0 Å². The number of benzene rings is 1. The Morgan fingerprint density at radius 2 is 1.16 bits per heavy atom. The van der Waals surface area contributed by atoms with Crippen molar-refractivity contribution >= 4 is 5.84 Å². The van der Waals surface area contributed by atoms with Crippen molar-refractivity contribution in [3.8, 4) is 0 Å². The van der Waals surface area contributed by atoms with Crippen LogP contribution in [0.4, 0.5) is 0 Å². The fraction of sp³-hybridized carbons (Fsp3) is 0.750. The molecular weight excluding hydrogens is 380 g/mol. The Bertz CT molecular complexity index is 830. The van der Waals surface area contributed by atoms with Gasteiger partial charge in [-0.05, 0) is 119 Å². The summed E-state index contributed by atoms with van der Waals surface area (Å²) < 4.78 is 0. The van der Waals surface area contributed by atoms with E-state index in [2.05, 4.69) is 31.2 Å². The zero-order valence-corrected chi connectivity index (χ0v) is 19.1. The summed E-state index contributed by atoms with van der Waals surface area (Å²) in [5, 5.41) is 13.8. The van der Waals surface area contributed by atoms with Crippen molar-refractivity contribution < 1.29 is 5.21 Å². The van der Waals surface area contributed by atoms with Gasteiger partial charge in [-0.25, -0.2) is 5.06 Å². The highest BCUT2D eigenvalue weighted by atomic mass is 16.5. The second-order valence-electron chi connectivity index (χ2n) is 12.9. The van der Waals surface area contributed by atoms with E-state index in [1.54, 1.807) is 5.06 Å². The molecule has 9 rings (SSSR count). The van der Waals surface area contributed by atoms with Crippen molar-refractivity contribution in [2.75, 3.05) is 0 Å². The number of amidine groups is 1. The summed E-state index contributed by atoms with van der Waals surface area (Å²) in [7, 11) is 0. The topological polar surface area (TPSA) is 35.8 Å². The largest absolute Gasteiger partial charge is 0.286 e. The highest BCUT2D eigenvalue weighted by Gasteiger charge is 2.56. The van der Waals surface area contributed by atoms with Crippen molar-refractivity contribution in [2.24, 2.45) is 40.5 Å². The van der Waals surface area contributed by atoms with Gasteiger partial charge in [0.15, 0.2) is 5.84 Å². The minimum Gasteiger partial charge on any atom is -0.286 e. The average Bonchev–Trinajstić information content (AvgIpc) is 2.70. The van der Waals surface area contributed by atoms with Crippen LogP contribution in [0.2, 0.25) is 0 Å². The Morgan fingerprint density at radius 3 is 1.61 bits per heavy atom. The first kappa shape index (κ1) is 19.1. The number of rotatable bonds is 3. The quantitative estimate of drug-likeness (QED) is 0.352. The normalized spacial score (nSPS) is 47.2. The van der Waals surface area contributed by atoms with Crippen LogP contribution >= 0.6 is 0 Å². The average molecular weight is 419 g/mol. The molecule has 8 fully saturated rings. The molecule has 3 heteroatoms. The lowest BCUT2D eigenvalue weighted by Crippen LogP contribution is -2.61. The molecule has 1 aromatic rings. The van der Waals surface area contributed by atoms with E-state index in [0.29, 0.717) is 0 Å². The number of hydrogen-bond acceptors (Lipinski definition) is 2. The Morgan fingerprint density at radius 1 is 0.742 bits per heavy atom. The predicted octanol–water partition coefficient (Wildman–Crippen LogP) is 6.37. The van der Waals surface area contributed by atoms with Gasteiger partial charge in [0.1, 0.15) is 0 Å². The number of nitrogens with zero attached hydrogens (tertiary/aromatic N) is 2. The third-order valence-electron chi connectivity index (χ3n) is 10.3. The molecule has 0 saturated heterocycles. The lowest BCUT2D eigenvalue weighted by Gasteiger charge is -2.59. The van der Waals surface area contributed by atoms with E-state index in [4.69, 9.17) is 4.99 Å². The molecule has 8 bridgehead atoms. The highest BCUT2D eigenvalue weighted by Crippen LogP contribution is 2.59. The summed E-state index contributed by atoms with van der Waals surface area (Å²) in [5.74, 6) is 5.99. The van der Waals surface area contributed by atoms with Gasteiger partial charge in [-0.3, -0.25) is 10.2 Å². The molecule has 0 aromatic heterocycles. The Balaban J connectivity index is 1.30. The molecule has 0 aliphatic heterocycles. The van der Waals surface area contributed by atoms with Crippen LogP contribution < -0.4 is 0 Å². The number of aliphatic imine (C=N–C) groups is 1. The van der Waals surface area contributed by atoms with Gasteiger partial charge >= 0.3 is 0 Å². The second kappa shape index (κ2) is 6.59. The van der Waals surface area contributed by atoms with Crippen LogP contribution in [0.5, 0.6) is 0 Å². The van der Waals surface area contributed by atoms with E-state index in [-0.39, 0.29) is 11.1 Å². The SMILES string of the molecule is Cc1ccc(C(=NC23CC4CC(CC(C4)C2)C3)N(O)C23CC4CC(CC(C4)C2)C3)cc1. The fourth-order valence-corrected chi connectivity index (χ4v) is 9.91. The van der Waals surface area contributed by atoms with Crippen molar-refractivity contribution in [3.05, 3.63) is 35.4 Å². The highest BCUT2D eigenvalue weighted by molar-refractivity contribution is 5.99. The predicted molar refractivity (Wildman–Crippen MR) is 123 cm³/mol. The molecular formula is C28H38N2O. The molecule has 0 heterocycles. The Hall–Kier alpha value is -1.35. The summed E-state index contributed by atoms with van der Waals surface area (Å²) in [6.07, 6.45) is 15.8. The van der Waals surface area contributed by atoms with Gasteiger partial charge in [-0.1, -0.05) is 29.8 Å². The Labute approximate surface area is 187 Å². The van der Waals surface area contributed by atoms with Crippen LogP contribution in [0.1, 0.15) is 88.2 Å². The third kappa shape index (κ3) is 3.05. The summed E-state index contributed by atoms with van der Waals surface area (Å²) in [5.41, 5.74) is 2.41. The first-order chi connectivity index (χ1) is 15.0. The molecule has 166 valence electrons. The van der Waals surface area contributed by atoms with Crippen molar-refractivity contribution in [1.82, 2.24) is 5.06 Å². The smallest absolute Gasteiger partial charge is 0.156 e. The molecule has 8 aliphatic rings. The van der Waals surface area contributed by atoms with Crippen LogP contribution in [-0.2, 0) is 0 Å². The maximum Gasteiger partial charge on any atom is 0.156 e. The van der Waals surface area contributed by atoms with E-state index < -0.39 is 0 Å². The number of hydrogen-bond donors (Lipinski definition) is 1. The third-order valence-corrected chi connectivity index (χ3v) is 10.3. The monoisotopic (exact) mass is 418 g/mol. The molecule has 1 aromatic carbocycles. The van der Waals surface area contributed by atoms with Gasteiger partial charge in [0.05, 0.1) is 11.1 Å². The lowest BCUT2D eigenvalue weighted by molar-refractivity contribution is -0.180. The van der Waals surface area contributed by atoms with Crippen LogP contribution in [-0.4, -0.2) is 27.2 Å². The zero-order chi connectivity index (χ0) is 20.8. The van der Waals surface area contributed by atoms with Crippen molar-refractivity contribution in [3.63, 3.8) is 0 Å².